The van der Waals surface area contributed by atoms with Crippen molar-refractivity contribution in [2.24, 2.45) is 23.0 Å². The average Bonchev–Trinajstić information content (AvgIpc) is 0.869. The van der Waals surface area contributed by atoms with Crippen LogP contribution in [-0.4, -0.2) is 300 Å². The third-order valence-corrected chi connectivity index (χ3v) is 21.4. The number of hydrogen-bond acceptors (Lipinski definition) is 26. The first-order valence-corrected chi connectivity index (χ1v) is 43.5. The number of carbonyl (C=O) groups is 19. The number of aliphatic hydroxyl groups is 4. The number of carbonyl (C=O) groups excluding carboxylic acids is 16. The van der Waals surface area contributed by atoms with Gasteiger partial charge in [0, 0.05) is 64.2 Å². The van der Waals surface area contributed by atoms with Crippen LogP contribution in [0.25, 0.3) is 0 Å². The Balaban J connectivity index is 1.54. The van der Waals surface area contributed by atoms with E-state index < -0.39 is 267 Å². The van der Waals surface area contributed by atoms with Crippen LogP contribution >= 0.6 is 0 Å². The van der Waals surface area contributed by atoms with Gasteiger partial charge in [-0.3, -0.25) is 91.1 Å². The second-order valence-corrected chi connectivity index (χ2v) is 33.6. The van der Waals surface area contributed by atoms with Gasteiger partial charge in [0.15, 0.2) is 0 Å². The topological polar surface area (TPSA) is 716 Å². The molecule has 1 aliphatic rings. The Bertz CT molecular complexity index is 4430. The van der Waals surface area contributed by atoms with Crippen LogP contribution in [0.5, 0.6) is 11.5 Å². The smallest absolute Gasteiger partial charge is 0.305 e. The number of benzene rings is 3. The van der Waals surface area contributed by atoms with Crippen LogP contribution < -0.4 is 85.5 Å². The number of nitrogens with zero attached hydrogens (tertiary/aromatic N) is 1. The van der Waals surface area contributed by atoms with Crippen molar-refractivity contribution in [2.45, 2.75) is 256 Å². The molecule has 730 valence electrons. The first-order chi connectivity index (χ1) is 62.2. The number of amides is 16. The van der Waals surface area contributed by atoms with Crippen LogP contribution in [-0.2, 0) is 110 Å². The zero-order valence-corrected chi connectivity index (χ0v) is 75.4. The zero-order valence-electron chi connectivity index (χ0n) is 75.4. The van der Waals surface area contributed by atoms with E-state index >= 15 is 0 Å². The number of carboxylic acid groups (broad SMARTS) is 3. The van der Waals surface area contributed by atoms with Gasteiger partial charge in [-0.1, -0.05) is 95.1 Å². The second kappa shape index (κ2) is 55.9. The Morgan fingerprint density at radius 2 is 0.848 bits per heavy atom. The molecule has 16 atom stereocenters. The maximum atomic E-state index is 14.7. The van der Waals surface area contributed by atoms with Gasteiger partial charge in [-0.2, -0.15) is 0 Å². The summed E-state index contributed by atoms with van der Waals surface area (Å²) >= 11 is 0. The van der Waals surface area contributed by atoms with Gasteiger partial charge in [0.25, 0.3) is 0 Å². The van der Waals surface area contributed by atoms with Gasteiger partial charge >= 0.3 is 17.9 Å². The Morgan fingerprint density at radius 1 is 0.432 bits per heavy atom. The first-order valence-electron chi connectivity index (χ1n) is 43.5. The summed E-state index contributed by atoms with van der Waals surface area (Å²) in [5.74, 6) is -22.9. The minimum Gasteiger partial charge on any atom is -0.508 e. The van der Waals surface area contributed by atoms with Crippen molar-refractivity contribution in [3.8, 4) is 11.5 Å². The summed E-state index contributed by atoms with van der Waals surface area (Å²) < 4.78 is 0. The molecule has 3 aromatic carbocycles. The fourth-order valence-corrected chi connectivity index (χ4v) is 13.5. The lowest BCUT2D eigenvalue weighted by Gasteiger charge is -2.30. The van der Waals surface area contributed by atoms with Crippen LogP contribution in [0, 0.1) is 17.3 Å². The minimum absolute atomic E-state index is 0.0573. The van der Waals surface area contributed by atoms with Crippen molar-refractivity contribution in [1.82, 2.24) is 84.7 Å². The van der Waals surface area contributed by atoms with Crippen LogP contribution in [0.15, 0.2) is 78.9 Å². The summed E-state index contributed by atoms with van der Waals surface area (Å²) in [7, 11) is 0. The quantitative estimate of drug-likeness (QED) is 0.0235. The van der Waals surface area contributed by atoms with E-state index in [1.54, 1.807) is 50.8 Å². The third kappa shape index (κ3) is 39.4. The number of rotatable bonds is 58. The molecular weight excluding hydrogens is 1730 g/mol. The molecular formula is C87H129N17O28. The fourth-order valence-electron chi connectivity index (χ4n) is 13.5. The number of hydrogen-bond donors (Lipinski definition) is 25. The Hall–Kier alpha value is -13.0. The number of piperidine rings is 1. The average molecular weight is 1860 g/mol. The molecule has 3 aromatic rings. The van der Waals surface area contributed by atoms with Gasteiger partial charge in [0.1, 0.15) is 84.0 Å². The maximum Gasteiger partial charge on any atom is 0.305 e. The molecule has 0 saturated carbocycles. The highest BCUT2D eigenvalue weighted by molar-refractivity contribution is 6.01. The van der Waals surface area contributed by atoms with E-state index in [-0.39, 0.29) is 67.7 Å². The molecule has 45 nitrogen and oxygen atoms in total. The number of phenolic OH excluding ortho intramolecular Hbond substituents is 2. The largest absolute Gasteiger partial charge is 0.508 e. The van der Waals surface area contributed by atoms with Crippen molar-refractivity contribution < 1.29 is 137 Å². The first kappa shape index (κ1) is 111. The molecule has 26 N–H and O–H groups in total. The highest BCUT2D eigenvalue weighted by Crippen LogP contribution is 2.20. The number of aromatic hydroxyl groups is 2. The molecule has 0 bridgehead atoms. The van der Waals surface area contributed by atoms with E-state index in [2.05, 4.69) is 79.8 Å². The van der Waals surface area contributed by atoms with E-state index in [1.165, 1.54) is 81.4 Å². The highest BCUT2D eigenvalue weighted by atomic mass is 16.4. The zero-order chi connectivity index (χ0) is 98.8. The van der Waals surface area contributed by atoms with Gasteiger partial charge in [0.2, 0.25) is 94.5 Å². The van der Waals surface area contributed by atoms with Gasteiger partial charge in [-0.05, 0) is 132 Å². The summed E-state index contributed by atoms with van der Waals surface area (Å²) in [5, 5.41) is 129. The van der Waals surface area contributed by atoms with Crippen molar-refractivity contribution in [3.05, 3.63) is 95.6 Å². The SMILES string of the molecule is CC[C@H](C)[C@H](NC(=O)[C@H](CO)NC(=O)[C@H](Cc1ccc(O)cc1)NC(=O)[C@H](CC(=O)O)NC(=O)[C@H](CO)NC(=O)[C@@H](NC(=O)[C@H](Cc1ccccc1)NC(=O)[C@@H](NC(=O)CNC(=O)[C@H](CCC(=O)O)NC(=O)C(C)(C)CNC(=O)CCN1CCCCC1=O)[C@@H](C)O)[C@@H](C)O)C(=O)N[C@@H](Cc1ccc(O)cc1)C(=O)N[C@@H](CC(C)C)C(=O)N[C@@H](CC(=O)O)C(=O)N[C@H](C)CCCCN. The number of phenols is 2. The summed E-state index contributed by atoms with van der Waals surface area (Å²) in [6, 6.07) is -4.29. The van der Waals surface area contributed by atoms with Gasteiger partial charge in [-0.25, -0.2) is 0 Å². The third-order valence-electron chi connectivity index (χ3n) is 21.4. The van der Waals surface area contributed by atoms with Crippen LogP contribution in [0.4, 0.5) is 0 Å². The normalized spacial score (nSPS) is 15.6. The van der Waals surface area contributed by atoms with E-state index in [4.69, 9.17) is 5.73 Å². The molecule has 132 heavy (non-hydrogen) atoms. The summed E-state index contributed by atoms with van der Waals surface area (Å²) in [5.41, 5.74) is 5.09. The van der Waals surface area contributed by atoms with Crippen LogP contribution in [0.1, 0.15) is 162 Å². The molecule has 1 saturated heterocycles. The van der Waals surface area contributed by atoms with E-state index in [9.17, 15) is 137 Å². The number of nitrogens with two attached hydrogens (primary N) is 1. The minimum atomic E-state index is -2.23. The number of aliphatic hydroxyl groups excluding tert-OH is 4. The van der Waals surface area contributed by atoms with E-state index in [1.807, 2.05) is 0 Å². The highest BCUT2D eigenvalue weighted by Gasteiger charge is 2.41. The molecule has 16 amide bonds. The lowest BCUT2D eigenvalue weighted by Crippen LogP contribution is -2.63. The monoisotopic (exact) mass is 1860 g/mol. The number of carboxylic acids is 3. The fraction of sp³-hybridized carbons (Fsp3) is 0.575. The predicted octanol–water partition coefficient (Wildman–Crippen LogP) is -5.11. The number of unbranched alkanes of at least 4 members (excludes halogenated alkanes) is 1. The lowest BCUT2D eigenvalue weighted by molar-refractivity contribution is -0.142. The van der Waals surface area contributed by atoms with Crippen molar-refractivity contribution in [1.29, 1.82) is 0 Å². The Labute approximate surface area is 762 Å². The molecule has 0 spiro atoms. The second-order valence-electron chi connectivity index (χ2n) is 33.6. The molecule has 0 unspecified atom stereocenters. The van der Waals surface area contributed by atoms with E-state index in [0.717, 1.165) is 26.7 Å². The van der Waals surface area contributed by atoms with Gasteiger partial charge in [0.05, 0.1) is 50.2 Å². The predicted molar refractivity (Wildman–Crippen MR) is 470 cm³/mol. The number of nitrogens with one attached hydrogen (secondary N) is 15. The molecule has 0 aliphatic carbocycles. The van der Waals surface area contributed by atoms with Crippen LogP contribution in [0.3, 0.4) is 0 Å². The summed E-state index contributed by atoms with van der Waals surface area (Å²) in [6.45, 7) is 10.5. The number of likely N-dealkylation sites (tertiary alicyclic amines) is 1. The Morgan fingerprint density at radius 3 is 1.32 bits per heavy atom. The molecule has 0 aromatic heterocycles. The van der Waals surface area contributed by atoms with Gasteiger partial charge < -0.3 is 136 Å². The molecule has 1 heterocycles. The van der Waals surface area contributed by atoms with Crippen molar-refractivity contribution >= 4 is 112 Å². The van der Waals surface area contributed by atoms with Crippen molar-refractivity contribution in [3.63, 3.8) is 0 Å². The molecule has 45 heteroatoms. The van der Waals surface area contributed by atoms with Gasteiger partial charge in [-0.15, -0.1) is 0 Å². The van der Waals surface area contributed by atoms with Crippen molar-refractivity contribution in [2.75, 3.05) is 45.9 Å². The lowest BCUT2D eigenvalue weighted by atomic mass is 9.91. The summed E-state index contributed by atoms with van der Waals surface area (Å²) in [6.07, 6.45) is -4.55. The molecule has 4 rings (SSSR count). The molecule has 1 aliphatic heterocycles. The molecule has 1 fully saturated rings. The summed E-state index contributed by atoms with van der Waals surface area (Å²) in [4.78, 5) is 261. The number of aliphatic carboxylic acids is 3. The molecule has 0 radical (unpaired) electrons. The van der Waals surface area contributed by atoms with E-state index in [0.29, 0.717) is 49.9 Å². The Kier molecular flexibility index (Phi) is 47.1. The standard InChI is InChI=1S/C87H129N17O28/c1-10-47(4)71(83(129)96-59(39-53-24-28-55(110)29-25-53)77(123)92-57(36-46(2)3)76(122)94-61(40-69(116)117)75(121)91-48(5)18-14-16-33-88)102-82(128)64(44-106)98-78(124)58(38-52-22-26-54(109)27-23-52)93-79(125)62(41-70(118)119)95-81(127)63(43-105)99-85(131)73(50(7)108)103-80(126)60(37-51-19-12-11-13-20-51)97-84(130)72(49(6)107)101-66(112)42-89-74(120)56(30-31-68(114)115)100-86(132)87(8,9)45-90-65(111)32-35-104-34-17-15-21-67(104)113/h11-13,19-20,22-29,46-50,56-64,71-73,105-110H,10,14-18,21,30-45,88H2,1-9H3,(H,89,120)(H,90,111)(H,91,121)(H,92,123)(H,93,125)(H,94,122)(H,95,127)(H,96,129)(H,97,130)(H,98,124)(H,99,131)(H,100,132)(H,101,112)(H,102,128)(H,103,126)(H,114,115)(H,116,117)(H,118,119)/t47-,48+,49+,50+,56-,57-,58-,59-,60-,61-,62-,63-,64-,71-,72-,73-/m0/s1. The van der Waals surface area contributed by atoms with Crippen LogP contribution in [0.2, 0.25) is 0 Å². The maximum absolute atomic E-state index is 14.7.